The first kappa shape index (κ1) is 69.5. The minimum absolute atomic E-state index is 0.0116. The number of phenols is 2. The van der Waals surface area contributed by atoms with Crippen LogP contribution >= 0.6 is 15.2 Å². The topological polar surface area (TPSA) is 360 Å². The third kappa shape index (κ3) is 16.2. The molecule has 0 unspecified atom stereocenters. The van der Waals surface area contributed by atoms with E-state index >= 15 is 0 Å². The molecule has 25 nitrogen and oxygen atoms in total. The van der Waals surface area contributed by atoms with Crippen molar-refractivity contribution in [2.45, 2.75) is 162 Å². The minimum atomic E-state index is -5.20. The highest BCUT2D eigenvalue weighted by molar-refractivity contribution is 7.70. The lowest BCUT2D eigenvalue weighted by atomic mass is 9.78. The van der Waals surface area contributed by atoms with Crippen LogP contribution in [0.25, 0.3) is 10.8 Å². The number of fused-ring (bicyclic) bond motifs is 13. The summed E-state index contributed by atoms with van der Waals surface area (Å²) >= 11 is 0. The highest BCUT2D eigenvalue weighted by Gasteiger charge is 2.51. The predicted octanol–water partition coefficient (Wildman–Crippen LogP) is 5.80. The first-order chi connectivity index (χ1) is 40.2. The Kier molecular flexibility index (Phi) is 23.2. The number of phenolic OH excluding ortho intramolecular Hbond substituents is 2. The van der Waals surface area contributed by atoms with Gasteiger partial charge in [-0.25, -0.2) is 4.99 Å². The van der Waals surface area contributed by atoms with E-state index in [-0.39, 0.29) is 88.6 Å². The largest absolute Gasteiger partial charge is 0.507 e. The van der Waals surface area contributed by atoms with Gasteiger partial charge in [0.05, 0.1) is 41.7 Å². The molecule has 0 aliphatic carbocycles. The summed E-state index contributed by atoms with van der Waals surface area (Å²) in [5.41, 5.74) is -0.555. The Balaban J connectivity index is 1.45. The monoisotopic (exact) mass is 1250 g/mol. The molecule has 2 aromatic rings. The maximum absolute atomic E-state index is 15.0. The van der Waals surface area contributed by atoms with E-state index in [9.17, 15) is 68.0 Å². The van der Waals surface area contributed by atoms with Crippen LogP contribution in [0, 0.1) is 36.5 Å². The number of ketones is 1. The number of aliphatic hydroxyl groups is 1. The smallest absolute Gasteiger partial charge is 0.340 e. The van der Waals surface area contributed by atoms with Crippen LogP contribution < -0.4 is 20.8 Å². The number of nitrogens with one attached hydrogen (secondary N) is 1. The quantitative estimate of drug-likeness (QED) is 0.0271. The number of aliphatic hydroxyl groups excluding tert-OH is 1. The number of benzene rings is 2. The number of esters is 3. The van der Waals surface area contributed by atoms with E-state index in [4.69, 9.17) is 33.4 Å². The molecule has 0 aromatic heterocycles. The number of carbonyl (C=O) groups excluding carboxylic acids is 5. The molecular weight excluding hydrogens is 1160 g/mol. The number of allylic oxidation sites excluding steroid dienone is 2. The van der Waals surface area contributed by atoms with E-state index in [2.05, 4.69) is 29.1 Å². The molecule has 1 spiro atoms. The van der Waals surface area contributed by atoms with Crippen molar-refractivity contribution in [3.05, 3.63) is 58.0 Å². The van der Waals surface area contributed by atoms with Crippen LogP contribution in [0.5, 0.6) is 17.2 Å². The molecule has 5 aliphatic rings. The van der Waals surface area contributed by atoms with Gasteiger partial charge in [0.2, 0.25) is 0 Å². The maximum atomic E-state index is 15.0. The van der Waals surface area contributed by atoms with E-state index in [1.807, 2.05) is 0 Å². The Morgan fingerprint density at radius 2 is 1.55 bits per heavy atom. The number of methoxy groups -OCH3 is 1. The number of unbranched alkanes of at least 4 members (excludes halogenated alkanes) is 1. The number of aromatic hydroxyl groups is 2. The predicted molar refractivity (Wildman–Crippen MR) is 316 cm³/mol. The van der Waals surface area contributed by atoms with Gasteiger partial charge in [-0.15, -0.1) is 0 Å². The van der Waals surface area contributed by atoms with Gasteiger partial charge >= 0.3 is 38.9 Å². The molecule has 1 fully saturated rings. The highest BCUT2D eigenvalue weighted by Crippen LogP contribution is 2.61. The van der Waals surface area contributed by atoms with Crippen LogP contribution in [0.2, 0.25) is 0 Å². The lowest BCUT2D eigenvalue weighted by Gasteiger charge is -2.39. The van der Waals surface area contributed by atoms with Crippen LogP contribution in [-0.4, -0.2) is 169 Å². The lowest BCUT2D eigenvalue weighted by molar-refractivity contribution is -0.166. The van der Waals surface area contributed by atoms with E-state index in [1.54, 1.807) is 45.6 Å². The van der Waals surface area contributed by atoms with Crippen LogP contribution in [-0.2, 0) is 52.0 Å². The number of likely N-dealkylation sites (tertiary alicyclic amines) is 1. The van der Waals surface area contributed by atoms with Crippen molar-refractivity contribution >= 4 is 61.2 Å². The number of carbonyl (C=O) groups is 5. The first-order valence-electron chi connectivity index (χ1n) is 29.3. The van der Waals surface area contributed by atoms with Crippen molar-refractivity contribution in [1.29, 1.82) is 0 Å². The third-order valence-corrected chi connectivity index (χ3v) is 20.5. The molecule has 1 saturated heterocycles. The Labute approximate surface area is 501 Å². The van der Waals surface area contributed by atoms with E-state index < -0.39 is 134 Å². The molecule has 0 saturated carbocycles. The number of Topliss-reactive ketones (excluding diaryl/α,β-unsaturated/α-hetero) is 1. The summed E-state index contributed by atoms with van der Waals surface area (Å²) in [6, 6.07) is 0. The summed E-state index contributed by atoms with van der Waals surface area (Å²) in [4.78, 5) is 121. The van der Waals surface area contributed by atoms with E-state index in [0.717, 1.165) is 6.54 Å². The molecule has 5 bridgehead atoms. The SMILES string of the molecule is CCCC(=O)OCCN(CCCCC(P(=O)(O)O)P(=O)(O)O)CC(=O)O[C@@H]1[C@@H](C)[C@@H](O)[C@@H](C)[C@H](OC(C)=O)[C@H](C)[C@@H](OC)/C=C/O[C@@]2(C)Oc3c(C)c(O)c4c(O)c(c5c(c4c3C2=O)NC2(CCN(CC(C)C)CC2)N=5)=NC(=O)/C(C)=C\C=C\[C@@H]1C. The van der Waals surface area contributed by atoms with Gasteiger partial charge in [-0.05, 0) is 51.6 Å². The fourth-order valence-electron chi connectivity index (χ4n) is 11.8. The zero-order valence-corrected chi connectivity index (χ0v) is 53.0. The van der Waals surface area contributed by atoms with Gasteiger partial charge in [0, 0.05) is 107 Å². The fourth-order valence-corrected chi connectivity index (χ4v) is 14.4. The number of anilines is 1. The average Bonchev–Trinajstić information content (AvgIpc) is 1.52. The Morgan fingerprint density at radius 3 is 2.15 bits per heavy atom. The van der Waals surface area contributed by atoms with Gasteiger partial charge in [-0.2, -0.15) is 0 Å². The second kappa shape index (κ2) is 28.7. The molecule has 27 heteroatoms. The molecule has 478 valence electrons. The summed E-state index contributed by atoms with van der Waals surface area (Å²) < 4.78 is 60.0. The molecule has 9 atom stereocenters. The number of rotatable bonds is 19. The molecule has 2 aromatic carbocycles. The van der Waals surface area contributed by atoms with Gasteiger partial charge in [0.15, 0.2) is 11.1 Å². The molecule has 86 heavy (non-hydrogen) atoms. The molecular formula is C59H87N5O20P2. The molecule has 5 heterocycles. The van der Waals surface area contributed by atoms with Crippen molar-refractivity contribution in [3.63, 3.8) is 0 Å². The molecule has 7 rings (SSSR count). The Morgan fingerprint density at radius 1 is 0.895 bits per heavy atom. The van der Waals surface area contributed by atoms with Gasteiger partial charge in [0.25, 0.3) is 11.7 Å². The van der Waals surface area contributed by atoms with Crippen molar-refractivity contribution in [3.8, 4) is 17.2 Å². The summed E-state index contributed by atoms with van der Waals surface area (Å²) in [5.74, 6) is -9.52. The normalized spacial score (nSPS) is 27.0. The van der Waals surface area contributed by atoms with Crippen LogP contribution in [0.4, 0.5) is 5.69 Å². The minimum Gasteiger partial charge on any atom is -0.507 e. The van der Waals surface area contributed by atoms with Crippen LogP contribution in [0.3, 0.4) is 0 Å². The van der Waals surface area contributed by atoms with E-state index in [0.29, 0.717) is 38.3 Å². The van der Waals surface area contributed by atoms with Crippen LogP contribution in [0.15, 0.2) is 46.1 Å². The second-order valence-corrected chi connectivity index (χ2v) is 27.9. The van der Waals surface area contributed by atoms with Crippen molar-refractivity contribution in [1.82, 2.24) is 9.80 Å². The van der Waals surface area contributed by atoms with Gasteiger partial charge in [-0.3, -0.25) is 43.0 Å². The first-order valence-corrected chi connectivity index (χ1v) is 32.6. The number of nitrogens with zero attached hydrogens (tertiary/aromatic N) is 4. The molecule has 0 radical (unpaired) electrons. The number of hydrogen-bond acceptors (Lipinski definition) is 20. The van der Waals surface area contributed by atoms with Crippen LogP contribution in [0.1, 0.15) is 130 Å². The molecule has 5 aliphatic heterocycles. The Hall–Kier alpha value is -5.59. The van der Waals surface area contributed by atoms with E-state index in [1.165, 1.54) is 59.3 Å². The maximum Gasteiger partial charge on any atom is 0.340 e. The second-order valence-electron chi connectivity index (χ2n) is 23.8. The van der Waals surface area contributed by atoms with Gasteiger partial charge in [0.1, 0.15) is 46.7 Å². The number of ether oxygens (including phenoxy) is 6. The summed E-state index contributed by atoms with van der Waals surface area (Å²) in [5, 5.41) is 37.8. The van der Waals surface area contributed by atoms with Gasteiger partial charge in [-0.1, -0.05) is 73.1 Å². The van der Waals surface area contributed by atoms with Crippen molar-refractivity contribution < 1.29 is 96.4 Å². The van der Waals surface area contributed by atoms with Gasteiger partial charge < -0.3 is 73.5 Å². The average molecular weight is 1250 g/mol. The summed E-state index contributed by atoms with van der Waals surface area (Å²) in [7, 11) is -8.99. The zero-order valence-electron chi connectivity index (χ0n) is 51.2. The third-order valence-electron chi connectivity index (χ3n) is 16.6. The van der Waals surface area contributed by atoms with Crippen molar-refractivity contribution in [2.24, 2.45) is 39.6 Å². The number of piperidine rings is 1. The number of hydrogen-bond donors (Lipinski definition) is 8. The molecule has 8 N–H and O–H groups in total. The van der Waals surface area contributed by atoms with Crippen molar-refractivity contribution in [2.75, 3.05) is 58.3 Å². The Bertz CT molecular complexity index is 3160. The zero-order chi connectivity index (χ0) is 64.0. The fraction of sp³-hybridized carbons (Fsp3) is 0.644. The lowest BCUT2D eigenvalue weighted by Crippen LogP contribution is -2.48. The standard InChI is InChI=1S/C59H87N5O20P2/c1-13-17-41(66)80-29-27-63(24-15-14-20-43(85(73,74)75)86(76,77)78)31-42(67)83-53-33(4)18-16-19-34(5)57(72)60-49-48-47(61-59(62-48)22-25-64(26-23-59)30-32(2)3)44-45(52(49)70)51(69)38(9)55-46(44)56(71)58(11,84-55)81-28-21-40(79-12)35(6)54(82-39(10)65)37(8)50(68)36(53)7/h16,18-19,21,28,32-33,35-37,40,43,50,53-54,61,68-70H,13-15,17,20,22-27,29-31H2,1-12H3,(H2,73,74,75)(H2,76,77,78)/b18-16+,28-21+,34-19-,60-49?/t33-,35+,36-,37+,40-,50+,53-,54+,58-/m0/s1. The summed E-state index contributed by atoms with van der Waals surface area (Å²) in [6.07, 6.45) is 3.93. The highest BCUT2D eigenvalue weighted by atomic mass is 31.2. The summed E-state index contributed by atoms with van der Waals surface area (Å²) in [6.45, 7) is 20.0. The molecule has 1 amide bonds. The number of amides is 1.